The molecule has 0 heterocycles. The molecule has 0 atom stereocenters. The van der Waals surface area contributed by atoms with Gasteiger partial charge in [0, 0.05) is 6.07 Å². The number of halogens is 4. The Balaban J connectivity index is 0.000000292. The Morgan fingerprint density at radius 2 is 1.82 bits per heavy atom. The van der Waals surface area contributed by atoms with Crippen molar-refractivity contribution >= 4 is 41.8 Å². The van der Waals surface area contributed by atoms with E-state index in [4.69, 9.17) is 0 Å². The molecule has 1 radical (unpaired) electrons. The van der Waals surface area contributed by atoms with Gasteiger partial charge in [0.25, 0.3) is 0 Å². The molecule has 57 valence electrons. The van der Waals surface area contributed by atoms with Crippen LogP contribution in [0.3, 0.4) is 0 Å². The standard InChI is InChI=1S/C6H3F2.2BrH.Mg/c7-5-1-2-6(8)4-3-5;;;/h1-3H;2*1H;/q;;;+2/p-2. The summed E-state index contributed by atoms with van der Waals surface area (Å²) in [7, 11) is 0. The van der Waals surface area contributed by atoms with Crippen molar-refractivity contribution < 1.29 is 8.78 Å². The highest BCUT2D eigenvalue weighted by molar-refractivity contribution is 9.47. The van der Waals surface area contributed by atoms with Gasteiger partial charge in [-0.15, -0.1) is 0 Å². The fraction of sp³-hybridized carbons (Fsp3) is 0. The van der Waals surface area contributed by atoms with E-state index >= 15 is 0 Å². The van der Waals surface area contributed by atoms with E-state index in [9.17, 15) is 8.78 Å². The molecule has 0 bridgehead atoms. The molecule has 0 aromatic heterocycles. The fourth-order valence-corrected chi connectivity index (χ4v) is 0.387. The lowest BCUT2D eigenvalue weighted by Gasteiger charge is -1.82. The first-order chi connectivity index (χ1) is 5.20. The van der Waals surface area contributed by atoms with Crippen LogP contribution in [0.25, 0.3) is 0 Å². The molecule has 11 heavy (non-hydrogen) atoms. The molecule has 0 aliphatic heterocycles. The lowest BCUT2D eigenvalue weighted by Crippen LogP contribution is -1.73. The highest BCUT2D eigenvalue weighted by Gasteiger charge is 1.87. The van der Waals surface area contributed by atoms with E-state index in [-0.39, 0.29) is 16.0 Å². The minimum absolute atomic E-state index is 0.0417. The third-order valence-corrected chi connectivity index (χ3v) is 0.737. The van der Waals surface area contributed by atoms with Crippen molar-refractivity contribution in [1.29, 1.82) is 0 Å². The van der Waals surface area contributed by atoms with E-state index in [1.54, 1.807) is 0 Å². The topological polar surface area (TPSA) is 0 Å². The Bertz CT molecular complexity index is 169. The van der Waals surface area contributed by atoms with E-state index in [0.717, 1.165) is 18.2 Å². The highest BCUT2D eigenvalue weighted by Crippen LogP contribution is 1.97. The van der Waals surface area contributed by atoms with Crippen molar-refractivity contribution in [2.75, 3.05) is 0 Å². The van der Waals surface area contributed by atoms with Crippen LogP contribution in [0.15, 0.2) is 18.2 Å². The van der Waals surface area contributed by atoms with E-state index < -0.39 is 11.6 Å². The van der Waals surface area contributed by atoms with Gasteiger partial charge in [-0.25, -0.2) is 8.78 Å². The van der Waals surface area contributed by atoms with Gasteiger partial charge < -0.3 is 0 Å². The van der Waals surface area contributed by atoms with Crippen molar-refractivity contribution in [3.8, 4) is 0 Å². The van der Waals surface area contributed by atoms with Gasteiger partial charge >= 0.3 is 16.0 Å². The van der Waals surface area contributed by atoms with E-state index in [1.807, 2.05) is 0 Å². The van der Waals surface area contributed by atoms with E-state index in [1.165, 1.54) is 0 Å². The second-order valence-electron chi connectivity index (χ2n) is 1.46. The van der Waals surface area contributed by atoms with Gasteiger partial charge in [-0.05, 0) is 18.2 Å². The normalized spacial score (nSPS) is 7.64. The monoisotopic (exact) mass is 295 g/mol. The van der Waals surface area contributed by atoms with Crippen molar-refractivity contribution in [3.63, 3.8) is 0 Å². The summed E-state index contributed by atoms with van der Waals surface area (Å²) in [6.45, 7) is 0. The fourth-order valence-electron chi connectivity index (χ4n) is 0.387. The molecule has 0 aliphatic carbocycles. The maximum Gasteiger partial charge on any atom is 0.560 e. The average Bonchev–Trinajstić information content (AvgIpc) is 1.97. The maximum atomic E-state index is 11.9. The minimum atomic E-state index is -0.536. The molecule has 0 aliphatic rings. The van der Waals surface area contributed by atoms with Gasteiger partial charge in [0.1, 0.15) is 11.6 Å². The lowest BCUT2D eigenvalue weighted by atomic mass is 10.3. The summed E-state index contributed by atoms with van der Waals surface area (Å²) in [4.78, 5) is 0. The molecular formula is C6H3Br2F2Mg. The molecule has 1 aromatic rings. The summed E-state index contributed by atoms with van der Waals surface area (Å²) in [5.41, 5.74) is 0. The van der Waals surface area contributed by atoms with E-state index in [2.05, 4.69) is 31.8 Å². The van der Waals surface area contributed by atoms with Gasteiger partial charge in [0.2, 0.25) is 0 Å². The molecule has 1 aromatic carbocycles. The molecule has 0 nitrogen and oxygen atoms in total. The smallest absolute Gasteiger partial charge is 0.280 e. The number of rotatable bonds is 0. The van der Waals surface area contributed by atoms with Crippen LogP contribution in [-0.4, -0.2) is 16.0 Å². The zero-order chi connectivity index (χ0) is 8.69. The Hall–Kier alpha value is 0.806. The predicted octanol–water partition coefficient (Wildman–Crippen LogP) is 3.08. The zero-order valence-electron chi connectivity index (χ0n) is 5.45. The van der Waals surface area contributed by atoms with Crippen molar-refractivity contribution in [2.45, 2.75) is 0 Å². The zero-order valence-corrected chi connectivity index (χ0v) is 10.0. The quantitative estimate of drug-likeness (QED) is 0.646. The van der Waals surface area contributed by atoms with Gasteiger partial charge in [-0.2, -0.15) is 0 Å². The van der Waals surface area contributed by atoms with Gasteiger partial charge in [-0.3, -0.25) is 25.8 Å². The van der Waals surface area contributed by atoms with Crippen LogP contribution in [0, 0.1) is 17.7 Å². The van der Waals surface area contributed by atoms with Crippen LogP contribution in [0.5, 0.6) is 0 Å². The first-order valence-electron chi connectivity index (χ1n) is 2.65. The molecule has 0 saturated carbocycles. The van der Waals surface area contributed by atoms with Gasteiger partial charge in [0.05, 0.1) is 0 Å². The molecule has 0 spiro atoms. The average molecular weight is 297 g/mol. The largest absolute Gasteiger partial charge is 0.560 e. The van der Waals surface area contributed by atoms with Crippen LogP contribution >= 0.6 is 25.8 Å². The molecule has 0 saturated heterocycles. The molecular weight excluding hydrogens is 294 g/mol. The summed E-state index contributed by atoms with van der Waals surface area (Å²) < 4.78 is 23.8. The van der Waals surface area contributed by atoms with Crippen LogP contribution in [0.4, 0.5) is 8.78 Å². The third kappa shape index (κ3) is 7.18. The molecule has 0 unspecified atom stereocenters. The maximum absolute atomic E-state index is 11.9. The van der Waals surface area contributed by atoms with Crippen LogP contribution < -0.4 is 0 Å². The van der Waals surface area contributed by atoms with Crippen LogP contribution in [0.2, 0.25) is 0 Å². The Kier molecular flexibility index (Phi) is 8.00. The van der Waals surface area contributed by atoms with Gasteiger partial charge in [0.15, 0.2) is 0 Å². The van der Waals surface area contributed by atoms with Crippen LogP contribution in [-0.2, 0) is 0 Å². The van der Waals surface area contributed by atoms with Crippen LogP contribution in [0.1, 0.15) is 0 Å². The number of benzene rings is 1. The predicted molar refractivity (Wildman–Crippen MR) is 48.8 cm³/mol. The second-order valence-corrected chi connectivity index (χ2v) is 9.54. The van der Waals surface area contributed by atoms with Crippen molar-refractivity contribution in [3.05, 3.63) is 35.9 Å². The highest BCUT2D eigenvalue weighted by atomic mass is 79.9. The number of hydrogen-bond acceptors (Lipinski definition) is 0. The summed E-state index contributed by atoms with van der Waals surface area (Å²) >= 11 is 6.44. The first kappa shape index (κ1) is 11.8. The van der Waals surface area contributed by atoms with Gasteiger partial charge in [-0.1, -0.05) is 0 Å². The Labute approximate surface area is 85.8 Å². The summed E-state index contributed by atoms with van der Waals surface area (Å²) in [6.07, 6.45) is 0. The summed E-state index contributed by atoms with van der Waals surface area (Å²) in [5.74, 6) is -1.00. The van der Waals surface area contributed by atoms with E-state index in [0.29, 0.717) is 0 Å². The third-order valence-electron chi connectivity index (χ3n) is 0.737. The second kappa shape index (κ2) is 7.46. The minimum Gasteiger partial charge on any atom is -0.280 e. The Morgan fingerprint density at radius 1 is 1.27 bits per heavy atom. The summed E-state index contributed by atoms with van der Waals surface area (Å²) in [5, 5.41) is 0. The molecule has 0 amide bonds. The first-order valence-corrected chi connectivity index (χ1v) is 10.4. The van der Waals surface area contributed by atoms with Crippen molar-refractivity contribution in [2.24, 2.45) is 0 Å². The molecule has 0 N–H and O–H groups in total. The summed E-state index contributed by atoms with van der Waals surface area (Å²) in [6, 6.07) is 5.08. The molecule has 0 fully saturated rings. The SMILES string of the molecule is Fc1[c]cc(F)cc1.[Br][Mg][Br]. The lowest BCUT2D eigenvalue weighted by molar-refractivity contribution is 0.598. The van der Waals surface area contributed by atoms with Crippen molar-refractivity contribution in [1.82, 2.24) is 0 Å². The molecule has 1 rings (SSSR count). The number of hydrogen-bond donors (Lipinski definition) is 0. The Morgan fingerprint density at radius 3 is 2.09 bits per heavy atom. The molecule has 5 heteroatoms.